The van der Waals surface area contributed by atoms with Gasteiger partial charge >= 0.3 is 0 Å². The number of aromatic nitrogens is 2. The van der Waals surface area contributed by atoms with E-state index in [-0.39, 0.29) is 5.91 Å². The Labute approximate surface area is 112 Å². The van der Waals surface area contributed by atoms with Crippen LogP contribution in [0.2, 0.25) is 0 Å². The normalized spacial score (nSPS) is 22.6. The molecule has 1 atom stereocenters. The van der Waals surface area contributed by atoms with Gasteiger partial charge in [0.05, 0.1) is 5.41 Å². The monoisotopic (exact) mass is 264 g/mol. The minimum Gasteiger partial charge on any atom is -0.369 e. The van der Waals surface area contributed by atoms with Gasteiger partial charge in [0.2, 0.25) is 5.91 Å². The van der Waals surface area contributed by atoms with Gasteiger partial charge in [0.15, 0.2) is 0 Å². The summed E-state index contributed by atoms with van der Waals surface area (Å²) in [6.07, 6.45) is 0.732. The second-order valence-corrected chi connectivity index (χ2v) is 5.31. The highest BCUT2D eigenvalue weighted by atomic mass is 16.1. The number of anilines is 2. The van der Waals surface area contributed by atoms with Gasteiger partial charge in [-0.2, -0.15) is 0 Å². The van der Waals surface area contributed by atoms with Crippen LogP contribution in [0.15, 0.2) is 0 Å². The van der Waals surface area contributed by atoms with Crippen molar-refractivity contribution in [2.75, 3.05) is 23.4 Å². The number of aryl methyl sites for hydroxylation is 1. The van der Waals surface area contributed by atoms with Gasteiger partial charge in [0.25, 0.3) is 0 Å². The van der Waals surface area contributed by atoms with Gasteiger partial charge in [-0.25, -0.2) is 15.8 Å². The van der Waals surface area contributed by atoms with Crippen molar-refractivity contribution in [2.45, 2.75) is 27.2 Å². The Balaban J connectivity index is 2.34. The summed E-state index contributed by atoms with van der Waals surface area (Å²) in [5.41, 5.74) is 8.42. The lowest BCUT2D eigenvalue weighted by molar-refractivity contribution is -0.125. The van der Waals surface area contributed by atoms with Crippen LogP contribution in [0.3, 0.4) is 0 Å². The van der Waals surface area contributed by atoms with E-state index in [9.17, 15) is 4.79 Å². The molecule has 0 saturated carbocycles. The number of primary amides is 1. The number of carbonyl (C=O) groups is 1. The summed E-state index contributed by atoms with van der Waals surface area (Å²) in [6.45, 7) is 6.93. The highest BCUT2D eigenvalue weighted by Crippen LogP contribution is 2.34. The molecule has 0 spiro atoms. The second-order valence-electron chi connectivity index (χ2n) is 5.31. The Morgan fingerprint density at radius 3 is 2.63 bits per heavy atom. The number of hydrogen-bond acceptors (Lipinski definition) is 6. The third-order valence-electron chi connectivity index (χ3n) is 3.74. The van der Waals surface area contributed by atoms with Gasteiger partial charge in [0.1, 0.15) is 17.5 Å². The SMILES string of the molecule is Cc1nc(NN)c(C)c(N2CCC(C)(C(N)=O)C2)n1. The fourth-order valence-electron chi connectivity index (χ4n) is 2.41. The predicted molar refractivity (Wildman–Crippen MR) is 73.4 cm³/mol. The number of hydrogen-bond donors (Lipinski definition) is 3. The minimum atomic E-state index is -0.498. The quantitative estimate of drug-likeness (QED) is 0.527. The van der Waals surface area contributed by atoms with Crippen molar-refractivity contribution in [1.82, 2.24) is 9.97 Å². The zero-order chi connectivity index (χ0) is 14.2. The average Bonchev–Trinajstić information content (AvgIpc) is 2.75. The van der Waals surface area contributed by atoms with Crippen LogP contribution in [-0.4, -0.2) is 29.0 Å². The van der Waals surface area contributed by atoms with E-state index in [0.29, 0.717) is 18.2 Å². The summed E-state index contributed by atoms with van der Waals surface area (Å²) in [7, 11) is 0. The molecule has 1 saturated heterocycles. The van der Waals surface area contributed by atoms with E-state index >= 15 is 0 Å². The van der Waals surface area contributed by atoms with E-state index in [1.807, 2.05) is 20.8 Å². The minimum absolute atomic E-state index is 0.268. The number of nitrogen functional groups attached to an aromatic ring is 1. The largest absolute Gasteiger partial charge is 0.369 e. The number of rotatable bonds is 3. The number of nitrogens with zero attached hydrogens (tertiary/aromatic N) is 3. The molecule has 1 aliphatic heterocycles. The lowest BCUT2D eigenvalue weighted by atomic mass is 9.89. The third kappa shape index (κ3) is 2.33. The molecule has 1 aromatic heterocycles. The molecule has 19 heavy (non-hydrogen) atoms. The first-order valence-electron chi connectivity index (χ1n) is 6.24. The maximum atomic E-state index is 11.5. The molecule has 2 heterocycles. The fraction of sp³-hybridized carbons (Fsp3) is 0.583. The van der Waals surface area contributed by atoms with Crippen molar-refractivity contribution in [3.05, 3.63) is 11.4 Å². The molecule has 1 aliphatic rings. The first-order valence-corrected chi connectivity index (χ1v) is 6.24. The van der Waals surface area contributed by atoms with Crippen LogP contribution >= 0.6 is 0 Å². The molecule has 1 amide bonds. The van der Waals surface area contributed by atoms with Crippen molar-refractivity contribution >= 4 is 17.5 Å². The summed E-state index contributed by atoms with van der Waals surface area (Å²) in [4.78, 5) is 22.3. The van der Waals surface area contributed by atoms with Crippen molar-refractivity contribution in [1.29, 1.82) is 0 Å². The zero-order valence-corrected chi connectivity index (χ0v) is 11.5. The third-order valence-corrected chi connectivity index (χ3v) is 3.74. The highest BCUT2D eigenvalue weighted by molar-refractivity contribution is 5.82. The molecular weight excluding hydrogens is 244 g/mol. The maximum absolute atomic E-state index is 11.5. The number of carbonyl (C=O) groups excluding carboxylic acids is 1. The molecule has 0 aliphatic carbocycles. The number of amides is 1. The van der Waals surface area contributed by atoms with E-state index in [0.717, 1.165) is 24.3 Å². The van der Waals surface area contributed by atoms with E-state index < -0.39 is 5.41 Å². The van der Waals surface area contributed by atoms with Gasteiger partial charge in [-0.15, -0.1) is 0 Å². The van der Waals surface area contributed by atoms with E-state index in [1.165, 1.54) is 0 Å². The van der Waals surface area contributed by atoms with E-state index in [4.69, 9.17) is 11.6 Å². The smallest absolute Gasteiger partial charge is 0.225 e. The number of nitrogens with two attached hydrogens (primary N) is 2. The Morgan fingerprint density at radius 1 is 1.42 bits per heavy atom. The Kier molecular flexibility index (Phi) is 3.32. The lowest BCUT2D eigenvalue weighted by Gasteiger charge is -2.23. The Hall–Kier alpha value is -1.89. The van der Waals surface area contributed by atoms with Crippen LogP contribution in [0, 0.1) is 19.3 Å². The lowest BCUT2D eigenvalue weighted by Crippen LogP contribution is -2.37. The molecule has 5 N–H and O–H groups in total. The molecule has 0 radical (unpaired) electrons. The molecule has 104 valence electrons. The van der Waals surface area contributed by atoms with Crippen LogP contribution in [0.1, 0.15) is 24.7 Å². The van der Waals surface area contributed by atoms with Crippen LogP contribution in [0.25, 0.3) is 0 Å². The van der Waals surface area contributed by atoms with Gasteiger partial charge in [-0.05, 0) is 27.2 Å². The van der Waals surface area contributed by atoms with Gasteiger partial charge in [-0.3, -0.25) is 4.79 Å². The summed E-state index contributed by atoms with van der Waals surface area (Å²) < 4.78 is 0. The molecule has 1 unspecified atom stereocenters. The molecular formula is C12H20N6O. The topological polar surface area (TPSA) is 110 Å². The number of hydrazine groups is 1. The van der Waals surface area contributed by atoms with Crippen LogP contribution in [0.5, 0.6) is 0 Å². The second kappa shape index (κ2) is 4.65. The summed E-state index contributed by atoms with van der Waals surface area (Å²) in [6, 6.07) is 0. The van der Waals surface area contributed by atoms with Gasteiger partial charge < -0.3 is 16.1 Å². The van der Waals surface area contributed by atoms with E-state index in [2.05, 4.69) is 20.3 Å². The zero-order valence-electron chi connectivity index (χ0n) is 11.5. The Bertz CT molecular complexity index is 517. The van der Waals surface area contributed by atoms with Crippen molar-refractivity contribution in [2.24, 2.45) is 17.0 Å². The van der Waals surface area contributed by atoms with Crippen molar-refractivity contribution < 1.29 is 4.79 Å². The first kappa shape index (κ1) is 13.5. The molecule has 2 rings (SSSR count). The average molecular weight is 264 g/mol. The molecule has 0 bridgehead atoms. The predicted octanol–water partition coefficient (Wildman–Crippen LogP) is 0.0807. The molecule has 1 fully saturated rings. The standard InChI is InChI=1S/C12H20N6O/c1-7-9(17-14)15-8(2)16-10(7)18-5-4-12(3,6-18)11(13)19/h4-6,14H2,1-3H3,(H2,13,19)(H,15,16,17). The summed E-state index contributed by atoms with van der Waals surface area (Å²) in [5, 5.41) is 0. The molecule has 7 nitrogen and oxygen atoms in total. The van der Waals surface area contributed by atoms with Crippen molar-refractivity contribution in [3.8, 4) is 0 Å². The maximum Gasteiger partial charge on any atom is 0.225 e. The van der Waals surface area contributed by atoms with Gasteiger partial charge in [-0.1, -0.05) is 0 Å². The van der Waals surface area contributed by atoms with Gasteiger partial charge in [0, 0.05) is 18.7 Å². The molecule has 1 aromatic rings. The van der Waals surface area contributed by atoms with Crippen molar-refractivity contribution in [3.63, 3.8) is 0 Å². The highest BCUT2D eigenvalue weighted by Gasteiger charge is 2.39. The van der Waals surface area contributed by atoms with E-state index in [1.54, 1.807) is 0 Å². The van der Waals surface area contributed by atoms with Crippen LogP contribution in [0.4, 0.5) is 11.6 Å². The van der Waals surface area contributed by atoms with Crippen LogP contribution < -0.4 is 21.9 Å². The summed E-state index contributed by atoms with van der Waals surface area (Å²) >= 11 is 0. The number of nitrogens with one attached hydrogen (secondary N) is 1. The molecule has 0 aromatic carbocycles. The first-order chi connectivity index (χ1) is 8.87. The Morgan fingerprint density at radius 2 is 2.11 bits per heavy atom. The fourth-order valence-corrected chi connectivity index (χ4v) is 2.41. The molecule has 7 heteroatoms. The summed E-state index contributed by atoms with van der Waals surface area (Å²) in [5.74, 6) is 7.25. The van der Waals surface area contributed by atoms with Crippen LogP contribution in [-0.2, 0) is 4.79 Å².